The number of nitrogens with zero attached hydrogens (tertiary/aromatic N) is 4. The highest BCUT2D eigenvalue weighted by Gasteiger charge is 2.30. The molecular formula is C27H32N4O2. The first-order valence-electron chi connectivity index (χ1n) is 11.8. The Bertz CT molecular complexity index is 1120. The number of hydrogen-bond acceptors (Lipinski definition) is 6. The average Bonchev–Trinajstić information content (AvgIpc) is 3.55. The van der Waals surface area contributed by atoms with Crippen LogP contribution in [0.3, 0.4) is 0 Å². The van der Waals surface area contributed by atoms with Crippen molar-refractivity contribution in [2.24, 2.45) is 0 Å². The van der Waals surface area contributed by atoms with Crippen LogP contribution in [-0.2, 0) is 0 Å². The lowest BCUT2D eigenvalue weighted by molar-refractivity contribution is 0.406. The van der Waals surface area contributed by atoms with E-state index in [2.05, 4.69) is 47.1 Å². The molecule has 33 heavy (non-hydrogen) atoms. The Labute approximate surface area is 196 Å². The predicted molar refractivity (Wildman–Crippen MR) is 132 cm³/mol. The van der Waals surface area contributed by atoms with E-state index in [1.807, 2.05) is 24.4 Å². The Hall–Kier alpha value is -3.28. The lowest BCUT2D eigenvalue weighted by atomic mass is 9.97. The second kappa shape index (κ2) is 9.30. The largest absolute Gasteiger partial charge is 0.496 e. The fourth-order valence-electron chi connectivity index (χ4n) is 5.31. The zero-order valence-corrected chi connectivity index (χ0v) is 19.7. The van der Waals surface area contributed by atoms with Gasteiger partial charge in [0.2, 0.25) is 5.95 Å². The summed E-state index contributed by atoms with van der Waals surface area (Å²) in [6, 6.07) is 16.7. The summed E-state index contributed by atoms with van der Waals surface area (Å²) in [5.74, 6) is 4.70. The van der Waals surface area contributed by atoms with Gasteiger partial charge in [0.1, 0.15) is 17.3 Å². The molecule has 0 radical (unpaired) electrons. The molecule has 0 N–H and O–H groups in total. The first kappa shape index (κ1) is 21.6. The highest BCUT2D eigenvalue weighted by atomic mass is 16.5. The minimum absolute atomic E-state index is 0.427. The Kier molecular flexibility index (Phi) is 6.07. The van der Waals surface area contributed by atoms with E-state index in [0.717, 1.165) is 67.8 Å². The summed E-state index contributed by atoms with van der Waals surface area (Å²) < 4.78 is 11.2. The fourth-order valence-corrected chi connectivity index (χ4v) is 5.31. The zero-order chi connectivity index (χ0) is 22.8. The van der Waals surface area contributed by atoms with Crippen LogP contribution in [-0.4, -0.2) is 50.4 Å². The SMILES string of the molecule is COc1ccccc1C1CCN(c2ncc(C)c(N3CCC(c4ccccc4OC)C3)n2)C1. The molecule has 6 heteroatoms. The third kappa shape index (κ3) is 4.22. The third-order valence-electron chi connectivity index (χ3n) is 7.05. The van der Waals surface area contributed by atoms with Crippen LogP contribution in [0.25, 0.3) is 0 Å². The van der Waals surface area contributed by atoms with Crippen molar-refractivity contribution in [1.82, 2.24) is 9.97 Å². The van der Waals surface area contributed by atoms with Crippen LogP contribution in [0.15, 0.2) is 54.7 Å². The van der Waals surface area contributed by atoms with E-state index in [1.54, 1.807) is 14.2 Å². The van der Waals surface area contributed by atoms with E-state index in [9.17, 15) is 0 Å². The number of aryl methyl sites for hydroxylation is 1. The first-order valence-corrected chi connectivity index (χ1v) is 11.8. The molecule has 0 saturated carbocycles. The van der Waals surface area contributed by atoms with E-state index in [0.29, 0.717) is 11.8 Å². The summed E-state index contributed by atoms with van der Waals surface area (Å²) in [6.45, 7) is 5.91. The van der Waals surface area contributed by atoms with E-state index >= 15 is 0 Å². The van der Waals surface area contributed by atoms with E-state index < -0.39 is 0 Å². The minimum atomic E-state index is 0.427. The Morgan fingerprint density at radius 3 is 1.94 bits per heavy atom. The van der Waals surface area contributed by atoms with Gasteiger partial charge in [0.15, 0.2) is 0 Å². The molecule has 3 aromatic rings. The highest BCUT2D eigenvalue weighted by Crippen LogP contribution is 2.37. The van der Waals surface area contributed by atoms with Crippen molar-refractivity contribution in [1.29, 1.82) is 0 Å². The number of hydrogen-bond donors (Lipinski definition) is 0. The van der Waals surface area contributed by atoms with Crippen LogP contribution < -0.4 is 19.3 Å². The highest BCUT2D eigenvalue weighted by molar-refractivity contribution is 5.53. The van der Waals surface area contributed by atoms with Crippen molar-refractivity contribution in [3.05, 3.63) is 71.4 Å². The summed E-state index contributed by atoms with van der Waals surface area (Å²) in [7, 11) is 3.50. The number of anilines is 2. The molecule has 6 nitrogen and oxygen atoms in total. The number of rotatable bonds is 6. The standard InChI is InChI=1S/C27H32N4O2/c1-19-16-28-27(31-15-13-21(18-31)23-9-5-7-11-25(23)33-3)29-26(19)30-14-12-20(17-30)22-8-4-6-10-24(22)32-2/h4-11,16,20-21H,12-15,17-18H2,1-3H3. The predicted octanol–water partition coefficient (Wildman–Crippen LogP) is 4.79. The van der Waals surface area contributed by atoms with Crippen LogP contribution in [0.4, 0.5) is 11.8 Å². The summed E-state index contributed by atoms with van der Waals surface area (Å²) in [5, 5.41) is 0. The van der Waals surface area contributed by atoms with Gasteiger partial charge in [0.05, 0.1) is 14.2 Å². The van der Waals surface area contributed by atoms with Crippen molar-refractivity contribution < 1.29 is 9.47 Å². The summed E-state index contributed by atoms with van der Waals surface area (Å²) in [4.78, 5) is 14.5. The van der Waals surface area contributed by atoms with Crippen LogP contribution in [0.2, 0.25) is 0 Å². The lowest BCUT2D eigenvalue weighted by Gasteiger charge is -2.23. The molecule has 2 aliphatic rings. The van der Waals surface area contributed by atoms with Gasteiger partial charge < -0.3 is 19.3 Å². The second-order valence-electron chi connectivity index (χ2n) is 9.02. The van der Waals surface area contributed by atoms with Crippen LogP contribution in [0.5, 0.6) is 11.5 Å². The topological polar surface area (TPSA) is 50.7 Å². The minimum Gasteiger partial charge on any atom is -0.496 e. The molecule has 5 rings (SSSR count). The molecule has 2 atom stereocenters. The lowest BCUT2D eigenvalue weighted by Crippen LogP contribution is -2.26. The first-order chi connectivity index (χ1) is 16.2. The number of ether oxygens (including phenoxy) is 2. The van der Waals surface area contributed by atoms with Gasteiger partial charge in [-0.15, -0.1) is 0 Å². The van der Waals surface area contributed by atoms with Crippen molar-refractivity contribution in [2.45, 2.75) is 31.6 Å². The molecule has 0 spiro atoms. The molecule has 0 bridgehead atoms. The number of para-hydroxylation sites is 2. The monoisotopic (exact) mass is 444 g/mol. The molecule has 1 aromatic heterocycles. The summed E-state index contributed by atoms with van der Waals surface area (Å²) in [5.41, 5.74) is 3.68. The van der Waals surface area contributed by atoms with E-state index in [1.165, 1.54) is 11.1 Å². The summed E-state index contributed by atoms with van der Waals surface area (Å²) >= 11 is 0. The van der Waals surface area contributed by atoms with Gasteiger partial charge in [-0.05, 0) is 43.0 Å². The Balaban J connectivity index is 1.33. The maximum absolute atomic E-state index is 5.61. The van der Waals surface area contributed by atoms with Crippen molar-refractivity contribution >= 4 is 11.8 Å². The molecule has 2 saturated heterocycles. The van der Waals surface area contributed by atoms with Gasteiger partial charge >= 0.3 is 0 Å². The Morgan fingerprint density at radius 1 is 0.788 bits per heavy atom. The molecule has 0 aliphatic carbocycles. The fraction of sp³-hybridized carbons (Fsp3) is 0.407. The normalized spacial score (nSPS) is 20.3. The molecular weight excluding hydrogens is 412 g/mol. The quantitative estimate of drug-likeness (QED) is 0.545. The van der Waals surface area contributed by atoms with Crippen molar-refractivity contribution in [2.75, 3.05) is 50.2 Å². The zero-order valence-electron chi connectivity index (χ0n) is 19.7. The van der Waals surface area contributed by atoms with Crippen molar-refractivity contribution in [3.63, 3.8) is 0 Å². The van der Waals surface area contributed by atoms with Crippen molar-refractivity contribution in [3.8, 4) is 11.5 Å². The van der Waals surface area contributed by atoms with Gasteiger partial charge in [0.25, 0.3) is 0 Å². The number of benzene rings is 2. The van der Waals surface area contributed by atoms with Gasteiger partial charge in [0, 0.05) is 49.8 Å². The second-order valence-corrected chi connectivity index (χ2v) is 9.02. The maximum atomic E-state index is 5.61. The molecule has 3 heterocycles. The third-order valence-corrected chi connectivity index (χ3v) is 7.05. The average molecular weight is 445 g/mol. The Morgan fingerprint density at radius 2 is 1.33 bits per heavy atom. The van der Waals surface area contributed by atoms with E-state index in [-0.39, 0.29) is 0 Å². The number of aromatic nitrogens is 2. The molecule has 2 unspecified atom stereocenters. The van der Waals surface area contributed by atoms with Crippen LogP contribution in [0.1, 0.15) is 41.4 Å². The number of methoxy groups -OCH3 is 2. The molecule has 2 aromatic carbocycles. The van der Waals surface area contributed by atoms with Gasteiger partial charge in [-0.3, -0.25) is 0 Å². The molecule has 2 aliphatic heterocycles. The van der Waals surface area contributed by atoms with Crippen LogP contribution in [0, 0.1) is 6.92 Å². The van der Waals surface area contributed by atoms with E-state index in [4.69, 9.17) is 19.4 Å². The van der Waals surface area contributed by atoms with Gasteiger partial charge in [-0.2, -0.15) is 4.98 Å². The van der Waals surface area contributed by atoms with Gasteiger partial charge in [-0.25, -0.2) is 4.98 Å². The van der Waals surface area contributed by atoms with Gasteiger partial charge in [-0.1, -0.05) is 36.4 Å². The maximum Gasteiger partial charge on any atom is 0.227 e. The van der Waals surface area contributed by atoms with Crippen LogP contribution >= 0.6 is 0 Å². The smallest absolute Gasteiger partial charge is 0.227 e. The molecule has 172 valence electrons. The molecule has 2 fully saturated rings. The molecule has 0 amide bonds. The summed E-state index contributed by atoms with van der Waals surface area (Å²) in [6.07, 6.45) is 4.15.